The molecule has 0 aromatic heterocycles. The van der Waals surface area contributed by atoms with Gasteiger partial charge in [-0.15, -0.1) is 0 Å². The van der Waals surface area contributed by atoms with Gasteiger partial charge in [0.05, 0.1) is 13.2 Å². The van der Waals surface area contributed by atoms with Crippen molar-refractivity contribution in [3.63, 3.8) is 0 Å². The molecule has 0 radical (unpaired) electrons. The Bertz CT molecular complexity index is 813. The van der Waals surface area contributed by atoms with E-state index in [4.69, 9.17) is 4.74 Å². The highest BCUT2D eigenvalue weighted by atomic mass is 16.5. The van der Waals surface area contributed by atoms with Crippen LogP contribution in [-0.4, -0.2) is 50.8 Å². The van der Waals surface area contributed by atoms with Crippen LogP contribution in [0.4, 0.5) is 0 Å². The van der Waals surface area contributed by atoms with Gasteiger partial charge < -0.3 is 9.64 Å². The molecule has 0 aliphatic carbocycles. The SMILES string of the molecule is CCCC1CC(CN(C)CC2CNNC2c2ccc3cc(OC)ccc3c2)NN1. The fourth-order valence-electron chi connectivity index (χ4n) is 4.83. The lowest BCUT2D eigenvalue weighted by Gasteiger charge is -2.27. The summed E-state index contributed by atoms with van der Waals surface area (Å²) in [5.74, 6) is 1.44. The highest BCUT2D eigenvalue weighted by Crippen LogP contribution is 2.29. The summed E-state index contributed by atoms with van der Waals surface area (Å²) in [4.78, 5) is 2.48. The van der Waals surface area contributed by atoms with Gasteiger partial charge >= 0.3 is 0 Å². The van der Waals surface area contributed by atoms with Crippen molar-refractivity contribution < 1.29 is 4.74 Å². The van der Waals surface area contributed by atoms with E-state index in [0.29, 0.717) is 24.0 Å². The Balaban J connectivity index is 1.38. The molecule has 2 heterocycles. The minimum atomic E-state index is 0.325. The van der Waals surface area contributed by atoms with Gasteiger partial charge in [0.1, 0.15) is 5.75 Å². The Morgan fingerprint density at radius 1 is 1.00 bits per heavy atom. The van der Waals surface area contributed by atoms with Crippen molar-refractivity contribution in [2.45, 2.75) is 44.3 Å². The number of nitrogens with zero attached hydrogens (tertiary/aromatic N) is 1. The van der Waals surface area contributed by atoms with E-state index < -0.39 is 0 Å². The molecule has 0 amide bonds. The largest absolute Gasteiger partial charge is 0.497 e. The maximum atomic E-state index is 5.35. The molecule has 4 rings (SSSR count). The Morgan fingerprint density at radius 2 is 1.79 bits per heavy atom. The standard InChI is InChI=1S/C23H35N5O/c1-4-5-20-12-21(26-25-20)15-28(2)14-19-13-24-27-23(19)18-7-6-17-11-22(29-3)9-8-16(17)10-18/h6-11,19-21,23-27H,4-5,12-15H2,1-3H3. The molecule has 2 aliphatic heterocycles. The van der Waals surface area contributed by atoms with Crippen molar-refractivity contribution in [1.82, 2.24) is 26.6 Å². The predicted molar refractivity (Wildman–Crippen MR) is 119 cm³/mol. The van der Waals surface area contributed by atoms with Crippen LogP contribution < -0.4 is 26.4 Å². The molecule has 158 valence electrons. The summed E-state index contributed by atoms with van der Waals surface area (Å²) < 4.78 is 5.35. The average Bonchev–Trinajstić information content (AvgIpc) is 3.37. The number of hydrazine groups is 2. The van der Waals surface area contributed by atoms with Gasteiger partial charge in [-0.05, 0) is 54.4 Å². The number of hydrogen-bond acceptors (Lipinski definition) is 6. The number of nitrogens with one attached hydrogen (secondary N) is 4. The molecule has 0 spiro atoms. The minimum absolute atomic E-state index is 0.325. The summed E-state index contributed by atoms with van der Waals surface area (Å²) in [6.07, 6.45) is 3.71. The van der Waals surface area contributed by atoms with Gasteiger partial charge in [-0.2, -0.15) is 0 Å². The lowest BCUT2D eigenvalue weighted by atomic mass is 9.92. The Morgan fingerprint density at radius 3 is 2.62 bits per heavy atom. The lowest BCUT2D eigenvalue weighted by Crippen LogP contribution is -2.41. The van der Waals surface area contributed by atoms with Crippen molar-refractivity contribution in [2.24, 2.45) is 5.92 Å². The molecule has 29 heavy (non-hydrogen) atoms. The van der Waals surface area contributed by atoms with Crippen LogP contribution in [0.1, 0.15) is 37.8 Å². The van der Waals surface area contributed by atoms with Crippen molar-refractivity contribution in [1.29, 1.82) is 0 Å². The molecular formula is C23H35N5O. The molecule has 4 unspecified atom stereocenters. The number of likely N-dealkylation sites (N-methyl/N-ethyl adjacent to an activating group) is 1. The number of methoxy groups -OCH3 is 1. The van der Waals surface area contributed by atoms with Gasteiger partial charge in [-0.3, -0.25) is 16.3 Å². The Labute approximate surface area is 174 Å². The summed E-state index contributed by atoms with van der Waals surface area (Å²) in [5, 5.41) is 2.47. The van der Waals surface area contributed by atoms with Gasteiger partial charge in [0.25, 0.3) is 0 Å². The van der Waals surface area contributed by atoms with Crippen LogP contribution in [0.5, 0.6) is 5.75 Å². The molecule has 0 saturated carbocycles. The van der Waals surface area contributed by atoms with E-state index in [1.165, 1.54) is 35.6 Å². The van der Waals surface area contributed by atoms with Crippen LogP contribution in [0.25, 0.3) is 10.8 Å². The molecule has 2 aromatic rings. The molecular weight excluding hydrogens is 362 g/mol. The number of rotatable bonds is 8. The second-order valence-electron chi connectivity index (χ2n) is 8.66. The first kappa shape index (κ1) is 20.6. The summed E-state index contributed by atoms with van der Waals surface area (Å²) in [5.41, 5.74) is 15.2. The number of ether oxygens (including phenoxy) is 1. The second kappa shape index (κ2) is 9.41. The van der Waals surface area contributed by atoms with Gasteiger partial charge in [-0.1, -0.05) is 31.5 Å². The summed E-state index contributed by atoms with van der Waals surface area (Å²) >= 11 is 0. The zero-order valence-electron chi connectivity index (χ0n) is 17.9. The molecule has 2 aromatic carbocycles. The topological polar surface area (TPSA) is 60.6 Å². The molecule has 4 atom stereocenters. The van der Waals surface area contributed by atoms with Crippen molar-refractivity contribution in [3.8, 4) is 5.75 Å². The van der Waals surface area contributed by atoms with Crippen molar-refractivity contribution in [3.05, 3.63) is 42.0 Å². The summed E-state index contributed by atoms with van der Waals surface area (Å²) in [7, 11) is 3.96. The molecule has 6 nitrogen and oxygen atoms in total. The highest BCUT2D eigenvalue weighted by molar-refractivity contribution is 5.84. The van der Waals surface area contributed by atoms with Crippen LogP contribution in [0.15, 0.2) is 36.4 Å². The van der Waals surface area contributed by atoms with E-state index in [2.05, 4.69) is 70.9 Å². The minimum Gasteiger partial charge on any atom is -0.497 e. The molecule has 2 saturated heterocycles. The van der Waals surface area contributed by atoms with E-state index in [1.807, 2.05) is 6.07 Å². The first-order valence-electron chi connectivity index (χ1n) is 10.9. The number of hydrogen-bond donors (Lipinski definition) is 4. The zero-order valence-corrected chi connectivity index (χ0v) is 17.9. The van der Waals surface area contributed by atoms with Crippen LogP contribution in [0, 0.1) is 5.92 Å². The van der Waals surface area contributed by atoms with Gasteiger partial charge in [0.15, 0.2) is 0 Å². The van der Waals surface area contributed by atoms with Crippen LogP contribution in [0.2, 0.25) is 0 Å². The van der Waals surface area contributed by atoms with E-state index in [0.717, 1.165) is 25.4 Å². The first-order chi connectivity index (χ1) is 14.2. The lowest BCUT2D eigenvalue weighted by molar-refractivity contribution is 0.246. The van der Waals surface area contributed by atoms with E-state index in [-0.39, 0.29) is 0 Å². The monoisotopic (exact) mass is 397 g/mol. The second-order valence-corrected chi connectivity index (χ2v) is 8.66. The third-order valence-electron chi connectivity index (χ3n) is 6.30. The smallest absolute Gasteiger partial charge is 0.119 e. The van der Waals surface area contributed by atoms with Crippen molar-refractivity contribution >= 4 is 10.8 Å². The quantitative estimate of drug-likeness (QED) is 0.549. The highest BCUT2D eigenvalue weighted by Gasteiger charge is 2.30. The van der Waals surface area contributed by atoms with Crippen molar-refractivity contribution in [2.75, 3.05) is 33.8 Å². The fraction of sp³-hybridized carbons (Fsp3) is 0.565. The third kappa shape index (κ3) is 4.90. The summed E-state index contributed by atoms with van der Waals surface area (Å²) in [6.45, 7) is 5.39. The molecule has 6 heteroatoms. The summed E-state index contributed by atoms with van der Waals surface area (Å²) in [6, 6.07) is 14.5. The number of fused-ring (bicyclic) bond motifs is 1. The van der Waals surface area contributed by atoms with E-state index in [1.54, 1.807) is 7.11 Å². The van der Waals surface area contributed by atoms with Gasteiger partial charge in [0, 0.05) is 37.6 Å². The predicted octanol–water partition coefficient (Wildman–Crippen LogP) is 2.58. The van der Waals surface area contributed by atoms with E-state index >= 15 is 0 Å². The number of benzene rings is 2. The van der Waals surface area contributed by atoms with Gasteiger partial charge in [-0.25, -0.2) is 5.43 Å². The maximum absolute atomic E-state index is 5.35. The Hall–Kier alpha value is -1.70. The zero-order chi connectivity index (χ0) is 20.2. The van der Waals surface area contributed by atoms with Crippen LogP contribution >= 0.6 is 0 Å². The molecule has 2 aliphatic rings. The molecule has 4 N–H and O–H groups in total. The normalized spacial score (nSPS) is 27.2. The maximum Gasteiger partial charge on any atom is 0.119 e. The average molecular weight is 398 g/mol. The van der Waals surface area contributed by atoms with Gasteiger partial charge in [0.2, 0.25) is 0 Å². The Kier molecular flexibility index (Phi) is 6.67. The van der Waals surface area contributed by atoms with Crippen LogP contribution in [0.3, 0.4) is 0 Å². The van der Waals surface area contributed by atoms with E-state index in [9.17, 15) is 0 Å². The first-order valence-corrected chi connectivity index (χ1v) is 10.9. The molecule has 0 bridgehead atoms. The fourth-order valence-corrected chi connectivity index (χ4v) is 4.83. The molecule has 2 fully saturated rings. The third-order valence-corrected chi connectivity index (χ3v) is 6.30. The van der Waals surface area contributed by atoms with Crippen LogP contribution in [-0.2, 0) is 0 Å².